The molecule has 0 amide bonds. The Morgan fingerprint density at radius 3 is 2.57 bits per heavy atom. The molecule has 2 aromatic heterocycles. The van der Waals surface area contributed by atoms with Gasteiger partial charge in [0, 0.05) is 0 Å². The third kappa shape index (κ3) is 3.58. The van der Waals surface area contributed by atoms with E-state index < -0.39 is 16.0 Å². The fourth-order valence-electron chi connectivity index (χ4n) is 1.60. The number of rotatable bonds is 5. The average Bonchev–Trinajstić information content (AvgIpc) is 2.90. The van der Waals surface area contributed by atoms with Crippen LogP contribution in [-0.4, -0.2) is 19.5 Å². The van der Waals surface area contributed by atoms with E-state index in [9.17, 15) is 13.2 Å². The molecular weight excluding hydrogens is 361 g/mol. The van der Waals surface area contributed by atoms with Gasteiger partial charge in [0.1, 0.15) is 26.3 Å². The maximum atomic E-state index is 12.1. The number of aromatic carboxylic acids is 1. The van der Waals surface area contributed by atoms with Crippen LogP contribution in [0.5, 0.6) is 0 Å². The van der Waals surface area contributed by atoms with Gasteiger partial charge in [-0.05, 0) is 19.1 Å². The quantitative estimate of drug-likeness (QED) is 0.843. The van der Waals surface area contributed by atoms with Crippen LogP contribution in [0.25, 0.3) is 0 Å². The Morgan fingerprint density at radius 2 is 2.10 bits per heavy atom. The average molecular weight is 370 g/mol. The molecule has 0 saturated carbocycles. The van der Waals surface area contributed by atoms with Crippen molar-refractivity contribution in [2.45, 2.75) is 18.4 Å². The summed E-state index contributed by atoms with van der Waals surface area (Å²) in [5.41, 5.74) is -0.0131. The van der Waals surface area contributed by atoms with Crippen LogP contribution >= 0.6 is 34.5 Å². The fourth-order valence-corrected chi connectivity index (χ4v) is 4.74. The normalized spacial score (nSPS) is 11.8. The molecule has 0 radical (unpaired) electrons. The van der Waals surface area contributed by atoms with Crippen molar-refractivity contribution >= 4 is 50.5 Å². The third-order valence-electron chi connectivity index (χ3n) is 2.55. The van der Waals surface area contributed by atoms with E-state index in [-0.39, 0.29) is 37.2 Å². The number of halogens is 2. The zero-order valence-corrected chi connectivity index (χ0v) is 13.7. The van der Waals surface area contributed by atoms with Crippen molar-refractivity contribution in [1.82, 2.24) is 4.72 Å². The lowest BCUT2D eigenvalue weighted by Crippen LogP contribution is -2.22. The van der Waals surface area contributed by atoms with Crippen molar-refractivity contribution in [1.29, 1.82) is 0 Å². The van der Waals surface area contributed by atoms with Crippen molar-refractivity contribution in [3.8, 4) is 0 Å². The molecule has 21 heavy (non-hydrogen) atoms. The smallest absolute Gasteiger partial charge is 0.339 e. The molecule has 0 fully saturated rings. The van der Waals surface area contributed by atoms with E-state index in [0.717, 1.165) is 11.3 Å². The van der Waals surface area contributed by atoms with Gasteiger partial charge in [0.2, 0.25) is 10.0 Å². The van der Waals surface area contributed by atoms with Gasteiger partial charge < -0.3 is 9.52 Å². The third-order valence-corrected chi connectivity index (χ3v) is 5.70. The molecule has 6 nitrogen and oxygen atoms in total. The lowest BCUT2D eigenvalue weighted by molar-refractivity contribution is 0.0695. The molecule has 0 aliphatic rings. The summed E-state index contributed by atoms with van der Waals surface area (Å²) in [7, 11) is -3.86. The van der Waals surface area contributed by atoms with Crippen LogP contribution in [0, 0.1) is 6.92 Å². The van der Waals surface area contributed by atoms with Crippen LogP contribution in [0.3, 0.4) is 0 Å². The number of nitrogens with one attached hydrogen (secondary N) is 1. The molecular formula is C11H9Cl2NO5S2. The predicted molar refractivity (Wildman–Crippen MR) is 78.8 cm³/mol. The number of thiophene rings is 1. The lowest BCUT2D eigenvalue weighted by atomic mass is 10.2. The second kappa shape index (κ2) is 5.98. The molecule has 0 aliphatic carbocycles. The molecule has 114 valence electrons. The first-order valence-electron chi connectivity index (χ1n) is 5.48. The first-order chi connectivity index (χ1) is 9.70. The van der Waals surface area contributed by atoms with Crippen molar-refractivity contribution in [3.05, 3.63) is 37.9 Å². The highest BCUT2D eigenvalue weighted by Crippen LogP contribution is 2.34. The highest BCUT2D eigenvalue weighted by molar-refractivity contribution is 7.89. The van der Waals surface area contributed by atoms with E-state index in [1.54, 1.807) is 0 Å². The Labute approximate surface area is 134 Å². The molecule has 2 N–H and O–H groups in total. The van der Waals surface area contributed by atoms with Gasteiger partial charge in [0.25, 0.3) is 0 Å². The van der Waals surface area contributed by atoms with Gasteiger partial charge in [0.15, 0.2) is 0 Å². The monoisotopic (exact) mass is 369 g/mol. The summed E-state index contributed by atoms with van der Waals surface area (Å²) < 4.78 is 31.9. The highest BCUT2D eigenvalue weighted by Gasteiger charge is 2.22. The minimum Gasteiger partial charge on any atom is -0.478 e. The first kappa shape index (κ1) is 16.3. The summed E-state index contributed by atoms with van der Waals surface area (Å²) in [6, 6.07) is 2.51. The van der Waals surface area contributed by atoms with Crippen molar-refractivity contribution in [2.75, 3.05) is 0 Å². The summed E-state index contributed by atoms with van der Waals surface area (Å²) in [5, 5.41) is 8.89. The predicted octanol–water partition coefficient (Wildman–Crippen LogP) is 3.13. The van der Waals surface area contributed by atoms with E-state index in [2.05, 4.69) is 4.72 Å². The van der Waals surface area contributed by atoms with Gasteiger partial charge in [-0.25, -0.2) is 17.9 Å². The van der Waals surface area contributed by atoms with Crippen LogP contribution in [-0.2, 0) is 16.6 Å². The molecule has 2 rings (SSSR count). The van der Waals surface area contributed by atoms with Crippen LogP contribution in [0.15, 0.2) is 21.4 Å². The van der Waals surface area contributed by atoms with Gasteiger partial charge in [-0.1, -0.05) is 23.2 Å². The molecule has 2 heterocycles. The zero-order valence-electron chi connectivity index (χ0n) is 10.5. The van der Waals surface area contributed by atoms with Gasteiger partial charge in [0.05, 0.1) is 10.9 Å². The fraction of sp³-hybridized carbons (Fsp3) is 0.182. The van der Waals surface area contributed by atoms with Crippen LogP contribution < -0.4 is 4.72 Å². The Bertz CT molecular complexity index is 794. The highest BCUT2D eigenvalue weighted by atomic mass is 35.5. The van der Waals surface area contributed by atoms with E-state index in [1.165, 1.54) is 19.1 Å². The number of sulfonamides is 1. The first-order valence-corrected chi connectivity index (χ1v) is 8.53. The van der Waals surface area contributed by atoms with Crippen molar-refractivity contribution < 1.29 is 22.7 Å². The Morgan fingerprint density at radius 1 is 1.43 bits per heavy atom. The van der Waals surface area contributed by atoms with E-state index in [1.807, 2.05) is 0 Å². The van der Waals surface area contributed by atoms with Crippen LogP contribution in [0.1, 0.15) is 21.9 Å². The summed E-state index contributed by atoms with van der Waals surface area (Å²) in [5.74, 6) is -0.753. The number of carboxylic acid groups (broad SMARTS) is 1. The standard InChI is InChI=1S/C11H9Cl2NO5S2/c1-5-7(11(15)16)2-6(19-5)4-14-21(17,18)8-3-9(12)20-10(8)13/h2-3,14H,4H2,1H3,(H,15,16). The molecule has 0 aromatic carbocycles. The molecule has 0 unspecified atom stereocenters. The maximum Gasteiger partial charge on any atom is 0.339 e. The van der Waals surface area contributed by atoms with Crippen molar-refractivity contribution in [2.24, 2.45) is 0 Å². The second-order valence-electron chi connectivity index (χ2n) is 4.00. The summed E-state index contributed by atoms with van der Waals surface area (Å²) >= 11 is 12.4. The van der Waals surface area contributed by atoms with Gasteiger partial charge in [-0.2, -0.15) is 0 Å². The molecule has 0 saturated heterocycles. The molecule has 0 bridgehead atoms. The number of hydrogen-bond acceptors (Lipinski definition) is 5. The largest absolute Gasteiger partial charge is 0.478 e. The van der Waals surface area contributed by atoms with E-state index >= 15 is 0 Å². The Hall–Kier alpha value is -1.06. The number of furan rings is 1. The molecule has 0 spiro atoms. The minimum atomic E-state index is -3.86. The second-order valence-corrected chi connectivity index (χ2v) is 8.02. The summed E-state index contributed by atoms with van der Waals surface area (Å²) in [4.78, 5) is 10.8. The lowest BCUT2D eigenvalue weighted by Gasteiger charge is -2.03. The summed E-state index contributed by atoms with van der Waals surface area (Å²) in [6.07, 6.45) is 0. The number of carboxylic acids is 1. The Balaban J connectivity index is 2.17. The minimum absolute atomic E-state index is 0.0131. The van der Waals surface area contributed by atoms with Crippen LogP contribution in [0.4, 0.5) is 0 Å². The maximum absolute atomic E-state index is 12.1. The Kier molecular flexibility index (Phi) is 4.64. The number of hydrogen-bond donors (Lipinski definition) is 2. The van der Waals surface area contributed by atoms with Gasteiger partial charge in [-0.15, -0.1) is 11.3 Å². The van der Waals surface area contributed by atoms with Gasteiger partial charge in [-0.3, -0.25) is 0 Å². The molecule has 0 aliphatic heterocycles. The number of carbonyl (C=O) groups is 1. The number of aryl methyl sites for hydroxylation is 1. The van der Waals surface area contributed by atoms with E-state index in [0.29, 0.717) is 0 Å². The zero-order chi connectivity index (χ0) is 15.8. The van der Waals surface area contributed by atoms with Crippen LogP contribution in [0.2, 0.25) is 8.67 Å². The summed E-state index contributed by atoms with van der Waals surface area (Å²) in [6.45, 7) is 1.29. The van der Waals surface area contributed by atoms with Gasteiger partial charge >= 0.3 is 5.97 Å². The molecule has 0 atom stereocenters. The van der Waals surface area contributed by atoms with Crippen molar-refractivity contribution in [3.63, 3.8) is 0 Å². The van der Waals surface area contributed by atoms with E-state index in [4.69, 9.17) is 32.7 Å². The molecule has 2 aromatic rings. The SMILES string of the molecule is Cc1oc(CNS(=O)(=O)c2cc(Cl)sc2Cl)cc1C(=O)O. The topological polar surface area (TPSA) is 96.6 Å². The molecule has 10 heteroatoms.